The molecule has 0 spiro atoms. The maximum Gasteiger partial charge on any atom is 0.343 e. The van der Waals surface area contributed by atoms with Crippen LogP contribution in [0.1, 0.15) is 43.4 Å². The molecular formula is C21H26N4O2. The van der Waals surface area contributed by atoms with Crippen molar-refractivity contribution in [1.29, 1.82) is 0 Å². The molecule has 0 saturated carbocycles. The Morgan fingerprint density at radius 3 is 2.52 bits per heavy atom. The highest BCUT2D eigenvalue weighted by atomic mass is 16.3. The van der Waals surface area contributed by atoms with Gasteiger partial charge in [0.05, 0.1) is 12.1 Å². The van der Waals surface area contributed by atoms with Gasteiger partial charge in [-0.25, -0.2) is 9.89 Å². The number of nitrogens with zero attached hydrogens (tertiary/aromatic N) is 2. The van der Waals surface area contributed by atoms with Crippen LogP contribution in [0, 0.1) is 0 Å². The minimum absolute atomic E-state index is 0.112. The third-order valence-corrected chi connectivity index (χ3v) is 4.63. The SMILES string of the molecule is CCNCc1ccc(Cn2c(-c3cc(C(C)C)ccc3O)n[nH]c2=O)cc1. The number of hydrogen-bond acceptors (Lipinski definition) is 4. The molecule has 1 heterocycles. The van der Waals surface area contributed by atoms with Gasteiger partial charge in [0.1, 0.15) is 5.75 Å². The van der Waals surface area contributed by atoms with Gasteiger partial charge in [-0.1, -0.05) is 51.1 Å². The fourth-order valence-corrected chi connectivity index (χ4v) is 2.98. The van der Waals surface area contributed by atoms with Crippen LogP contribution in [-0.2, 0) is 13.1 Å². The molecule has 3 aromatic rings. The summed E-state index contributed by atoms with van der Waals surface area (Å²) >= 11 is 0. The fraction of sp³-hybridized carbons (Fsp3) is 0.333. The lowest BCUT2D eigenvalue weighted by Gasteiger charge is -2.11. The zero-order valence-electron chi connectivity index (χ0n) is 16.0. The minimum Gasteiger partial charge on any atom is -0.507 e. The number of H-pyrrole nitrogens is 1. The number of phenols is 1. The number of hydrogen-bond donors (Lipinski definition) is 3. The summed E-state index contributed by atoms with van der Waals surface area (Å²) in [5.41, 5.74) is 3.54. The highest BCUT2D eigenvalue weighted by Gasteiger charge is 2.16. The number of aromatic hydroxyl groups is 1. The predicted molar refractivity (Wildman–Crippen MR) is 107 cm³/mol. The van der Waals surface area contributed by atoms with Crippen LogP contribution in [0.4, 0.5) is 0 Å². The van der Waals surface area contributed by atoms with Gasteiger partial charge in [-0.2, -0.15) is 5.10 Å². The van der Waals surface area contributed by atoms with E-state index in [-0.39, 0.29) is 11.4 Å². The Bertz CT molecular complexity index is 955. The molecule has 0 aliphatic carbocycles. The Hall–Kier alpha value is -2.86. The second kappa shape index (κ2) is 8.22. The van der Waals surface area contributed by atoms with E-state index >= 15 is 0 Å². The molecule has 0 saturated heterocycles. The van der Waals surface area contributed by atoms with Crippen LogP contribution < -0.4 is 11.0 Å². The van der Waals surface area contributed by atoms with Crippen LogP contribution in [-0.4, -0.2) is 26.4 Å². The summed E-state index contributed by atoms with van der Waals surface area (Å²) in [4.78, 5) is 12.3. The molecule has 0 aliphatic rings. The molecule has 0 unspecified atom stereocenters. The van der Waals surface area contributed by atoms with Gasteiger partial charge in [-0.05, 0) is 41.3 Å². The largest absolute Gasteiger partial charge is 0.507 e. The van der Waals surface area contributed by atoms with Crippen LogP contribution in [0.3, 0.4) is 0 Å². The molecule has 0 radical (unpaired) electrons. The predicted octanol–water partition coefficient (Wildman–Crippen LogP) is 3.23. The summed E-state index contributed by atoms with van der Waals surface area (Å²) in [6, 6.07) is 13.6. The number of aromatic nitrogens is 3. The number of phenolic OH excluding ortho intramolecular Hbond substituents is 1. The van der Waals surface area contributed by atoms with Crippen molar-refractivity contribution in [1.82, 2.24) is 20.1 Å². The number of nitrogens with one attached hydrogen (secondary N) is 2. The Morgan fingerprint density at radius 2 is 1.85 bits per heavy atom. The summed E-state index contributed by atoms with van der Waals surface area (Å²) in [5, 5.41) is 20.3. The van der Waals surface area contributed by atoms with E-state index in [9.17, 15) is 9.90 Å². The van der Waals surface area contributed by atoms with Gasteiger partial charge in [0.25, 0.3) is 0 Å². The summed E-state index contributed by atoms with van der Waals surface area (Å²) in [6.07, 6.45) is 0. The first-order valence-corrected chi connectivity index (χ1v) is 9.26. The van der Waals surface area contributed by atoms with Crippen molar-refractivity contribution in [3.63, 3.8) is 0 Å². The van der Waals surface area contributed by atoms with Crippen LogP contribution in [0.25, 0.3) is 11.4 Å². The third kappa shape index (κ3) is 4.28. The number of aromatic amines is 1. The minimum atomic E-state index is -0.295. The first kappa shape index (κ1) is 18.9. The molecule has 27 heavy (non-hydrogen) atoms. The molecule has 3 rings (SSSR count). The van der Waals surface area contributed by atoms with E-state index in [1.54, 1.807) is 10.6 Å². The fourth-order valence-electron chi connectivity index (χ4n) is 2.98. The normalized spacial score (nSPS) is 11.3. The Balaban J connectivity index is 1.92. The number of benzene rings is 2. The van der Waals surface area contributed by atoms with Crippen LogP contribution in [0.15, 0.2) is 47.3 Å². The van der Waals surface area contributed by atoms with Crippen molar-refractivity contribution in [3.8, 4) is 17.1 Å². The molecule has 1 aromatic heterocycles. The topological polar surface area (TPSA) is 82.9 Å². The monoisotopic (exact) mass is 366 g/mol. The van der Waals surface area contributed by atoms with E-state index < -0.39 is 0 Å². The van der Waals surface area contributed by atoms with Crippen molar-refractivity contribution < 1.29 is 5.11 Å². The molecule has 0 aliphatic heterocycles. The van der Waals surface area contributed by atoms with E-state index in [1.807, 2.05) is 24.3 Å². The average molecular weight is 366 g/mol. The van der Waals surface area contributed by atoms with Gasteiger partial charge in [0.15, 0.2) is 5.82 Å². The van der Waals surface area contributed by atoms with Gasteiger partial charge in [-0.3, -0.25) is 4.57 Å². The van der Waals surface area contributed by atoms with E-state index in [4.69, 9.17) is 0 Å². The van der Waals surface area contributed by atoms with Crippen molar-refractivity contribution in [2.75, 3.05) is 6.54 Å². The lowest BCUT2D eigenvalue weighted by Crippen LogP contribution is -2.18. The first-order chi connectivity index (χ1) is 13.0. The molecule has 2 aromatic carbocycles. The zero-order valence-corrected chi connectivity index (χ0v) is 16.0. The van der Waals surface area contributed by atoms with Gasteiger partial charge >= 0.3 is 5.69 Å². The summed E-state index contributed by atoms with van der Waals surface area (Å²) in [6.45, 7) is 8.38. The molecule has 0 atom stereocenters. The summed E-state index contributed by atoms with van der Waals surface area (Å²) in [7, 11) is 0. The summed E-state index contributed by atoms with van der Waals surface area (Å²) < 4.78 is 1.55. The van der Waals surface area contributed by atoms with Crippen LogP contribution in [0.2, 0.25) is 0 Å². The van der Waals surface area contributed by atoms with Crippen molar-refractivity contribution in [3.05, 3.63) is 69.6 Å². The van der Waals surface area contributed by atoms with E-state index in [0.29, 0.717) is 23.9 Å². The molecule has 142 valence electrons. The Kier molecular flexibility index (Phi) is 5.76. The van der Waals surface area contributed by atoms with Crippen LogP contribution >= 0.6 is 0 Å². The average Bonchev–Trinajstić information content (AvgIpc) is 3.02. The maximum atomic E-state index is 12.3. The Labute approximate surface area is 158 Å². The lowest BCUT2D eigenvalue weighted by molar-refractivity contribution is 0.476. The lowest BCUT2D eigenvalue weighted by atomic mass is 10.00. The van der Waals surface area contributed by atoms with Gasteiger partial charge < -0.3 is 10.4 Å². The van der Waals surface area contributed by atoms with Gasteiger partial charge in [-0.15, -0.1) is 0 Å². The van der Waals surface area contributed by atoms with E-state index in [2.05, 4.69) is 48.4 Å². The van der Waals surface area contributed by atoms with E-state index in [0.717, 1.165) is 24.2 Å². The molecular weight excluding hydrogens is 340 g/mol. The number of rotatable bonds is 7. The molecule has 0 bridgehead atoms. The molecule has 0 fully saturated rings. The summed E-state index contributed by atoms with van der Waals surface area (Å²) in [5.74, 6) is 0.866. The molecule has 6 heteroatoms. The highest BCUT2D eigenvalue weighted by molar-refractivity contribution is 5.65. The van der Waals surface area contributed by atoms with Crippen molar-refractivity contribution in [2.24, 2.45) is 0 Å². The van der Waals surface area contributed by atoms with Crippen molar-refractivity contribution in [2.45, 2.75) is 39.8 Å². The smallest absolute Gasteiger partial charge is 0.343 e. The molecule has 6 nitrogen and oxygen atoms in total. The zero-order chi connectivity index (χ0) is 19.4. The molecule has 0 amide bonds. The quantitative estimate of drug-likeness (QED) is 0.599. The first-order valence-electron chi connectivity index (χ1n) is 9.26. The third-order valence-electron chi connectivity index (χ3n) is 4.63. The van der Waals surface area contributed by atoms with Crippen LogP contribution in [0.5, 0.6) is 5.75 Å². The highest BCUT2D eigenvalue weighted by Crippen LogP contribution is 2.30. The standard InChI is InChI=1S/C21H26N4O2/c1-4-22-12-15-5-7-16(8-6-15)13-25-20(23-24-21(25)27)18-11-17(14(2)3)9-10-19(18)26/h5-11,14,22,26H,4,12-13H2,1-3H3,(H,24,27). The maximum absolute atomic E-state index is 12.3. The second-order valence-corrected chi connectivity index (χ2v) is 6.97. The second-order valence-electron chi connectivity index (χ2n) is 6.97. The van der Waals surface area contributed by atoms with Gasteiger partial charge in [0.2, 0.25) is 0 Å². The van der Waals surface area contributed by atoms with E-state index in [1.165, 1.54) is 5.56 Å². The molecule has 3 N–H and O–H groups in total. The Morgan fingerprint density at radius 1 is 1.15 bits per heavy atom. The van der Waals surface area contributed by atoms with Crippen molar-refractivity contribution >= 4 is 0 Å². The van der Waals surface area contributed by atoms with Gasteiger partial charge in [0, 0.05) is 6.54 Å².